The van der Waals surface area contributed by atoms with Crippen LogP contribution in [0.5, 0.6) is 0 Å². The largest absolute Gasteiger partial charge is 0.376 e. The van der Waals surface area contributed by atoms with Crippen LogP contribution in [-0.4, -0.2) is 10.8 Å². The molecule has 4 heteroatoms. The highest BCUT2D eigenvalue weighted by molar-refractivity contribution is 7.13. The summed E-state index contributed by atoms with van der Waals surface area (Å²) >= 11 is 1.61. The summed E-state index contributed by atoms with van der Waals surface area (Å²) in [7, 11) is 0. The van der Waals surface area contributed by atoms with Crippen molar-refractivity contribution in [2.75, 3.05) is 5.32 Å². The molecule has 0 fully saturated rings. The SMILES string of the molecule is CC(=O)CC(Nc1ccc(C)cc1)c1csc(-c2ccccc2)n1. The molecular weight excluding hydrogens is 316 g/mol. The van der Waals surface area contributed by atoms with E-state index in [-0.39, 0.29) is 11.8 Å². The van der Waals surface area contributed by atoms with Crippen molar-refractivity contribution in [1.29, 1.82) is 0 Å². The summed E-state index contributed by atoms with van der Waals surface area (Å²) in [5, 5.41) is 6.46. The maximum atomic E-state index is 11.7. The summed E-state index contributed by atoms with van der Waals surface area (Å²) in [6.07, 6.45) is 0.422. The van der Waals surface area contributed by atoms with Crippen molar-refractivity contribution >= 4 is 22.8 Å². The minimum absolute atomic E-state index is 0.112. The lowest BCUT2D eigenvalue weighted by Crippen LogP contribution is -2.14. The number of thiazole rings is 1. The predicted octanol–water partition coefficient (Wildman–Crippen LogP) is 5.25. The van der Waals surface area contributed by atoms with Gasteiger partial charge in [-0.2, -0.15) is 0 Å². The predicted molar refractivity (Wildman–Crippen MR) is 100 cm³/mol. The smallest absolute Gasteiger partial charge is 0.132 e. The Morgan fingerprint density at radius 2 is 1.83 bits per heavy atom. The number of nitrogens with one attached hydrogen (secondary N) is 1. The fourth-order valence-electron chi connectivity index (χ4n) is 2.53. The van der Waals surface area contributed by atoms with Gasteiger partial charge in [0, 0.05) is 23.1 Å². The minimum Gasteiger partial charge on any atom is -0.376 e. The normalized spacial score (nSPS) is 11.9. The van der Waals surface area contributed by atoms with Crippen LogP contribution < -0.4 is 5.32 Å². The number of hydrogen-bond donors (Lipinski definition) is 1. The number of hydrogen-bond acceptors (Lipinski definition) is 4. The zero-order chi connectivity index (χ0) is 16.9. The van der Waals surface area contributed by atoms with Gasteiger partial charge in [-0.15, -0.1) is 11.3 Å². The standard InChI is InChI=1S/C20H20N2OS/c1-14-8-10-17(11-9-14)21-18(12-15(2)23)19-13-24-20(22-19)16-6-4-3-5-7-16/h3-11,13,18,21H,12H2,1-2H3. The first-order valence-corrected chi connectivity index (χ1v) is 8.83. The van der Waals surface area contributed by atoms with Crippen LogP contribution in [0.2, 0.25) is 0 Å². The highest BCUT2D eigenvalue weighted by Gasteiger charge is 2.17. The van der Waals surface area contributed by atoms with Crippen molar-refractivity contribution in [3.05, 3.63) is 71.2 Å². The number of carbonyl (C=O) groups excluding carboxylic acids is 1. The van der Waals surface area contributed by atoms with Gasteiger partial charge in [-0.3, -0.25) is 4.79 Å². The number of benzene rings is 2. The Hall–Kier alpha value is -2.46. The molecule has 0 saturated heterocycles. The van der Waals surface area contributed by atoms with E-state index in [0.29, 0.717) is 6.42 Å². The Labute approximate surface area is 146 Å². The van der Waals surface area contributed by atoms with E-state index in [2.05, 4.69) is 36.5 Å². The van der Waals surface area contributed by atoms with Gasteiger partial charge in [0.25, 0.3) is 0 Å². The number of ketones is 1. The van der Waals surface area contributed by atoms with Gasteiger partial charge in [0.2, 0.25) is 0 Å². The first-order valence-electron chi connectivity index (χ1n) is 7.95. The third-order valence-corrected chi connectivity index (χ3v) is 4.69. The lowest BCUT2D eigenvalue weighted by molar-refractivity contribution is -0.117. The Morgan fingerprint density at radius 3 is 2.50 bits per heavy atom. The highest BCUT2D eigenvalue weighted by Crippen LogP contribution is 2.29. The number of aromatic nitrogens is 1. The second kappa shape index (κ2) is 7.41. The second-order valence-electron chi connectivity index (χ2n) is 5.91. The van der Waals surface area contributed by atoms with Crippen LogP contribution in [0.1, 0.15) is 30.6 Å². The van der Waals surface area contributed by atoms with Gasteiger partial charge in [-0.25, -0.2) is 4.98 Å². The molecule has 1 N–H and O–H groups in total. The van der Waals surface area contributed by atoms with Crippen molar-refractivity contribution in [3.8, 4) is 10.6 Å². The zero-order valence-electron chi connectivity index (χ0n) is 13.8. The van der Waals surface area contributed by atoms with Crippen LogP contribution in [0.25, 0.3) is 10.6 Å². The monoisotopic (exact) mass is 336 g/mol. The van der Waals surface area contributed by atoms with Gasteiger partial charge in [0.15, 0.2) is 0 Å². The van der Waals surface area contributed by atoms with E-state index in [1.54, 1.807) is 18.3 Å². The lowest BCUT2D eigenvalue weighted by Gasteiger charge is -2.17. The van der Waals surface area contributed by atoms with Crippen LogP contribution in [0, 0.1) is 6.92 Å². The molecule has 0 saturated carbocycles. The quantitative estimate of drug-likeness (QED) is 0.668. The van der Waals surface area contributed by atoms with Crippen molar-refractivity contribution < 1.29 is 4.79 Å². The van der Waals surface area contributed by atoms with Crippen molar-refractivity contribution in [3.63, 3.8) is 0 Å². The summed E-state index contributed by atoms with van der Waals surface area (Å²) in [6, 6.07) is 18.2. The van der Waals surface area contributed by atoms with E-state index in [4.69, 9.17) is 4.98 Å². The molecule has 3 aromatic rings. The highest BCUT2D eigenvalue weighted by atomic mass is 32.1. The number of carbonyl (C=O) groups is 1. The molecule has 122 valence electrons. The van der Waals surface area contributed by atoms with Gasteiger partial charge >= 0.3 is 0 Å². The molecule has 0 radical (unpaired) electrons. The molecule has 0 bridgehead atoms. The molecule has 0 spiro atoms. The average Bonchev–Trinajstić information content (AvgIpc) is 3.07. The summed E-state index contributed by atoms with van der Waals surface area (Å²) in [4.78, 5) is 16.4. The van der Waals surface area contributed by atoms with E-state index >= 15 is 0 Å². The summed E-state index contributed by atoms with van der Waals surface area (Å²) in [5.41, 5.74) is 4.23. The van der Waals surface area contributed by atoms with Gasteiger partial charge < -0.3 is 5.32 Å². The first-order chi connectivity index (χ1) is 11.6. The van der Waals surface area contributed by atoms with E-state index in [0.717, 1.165) is 22.0 Å². The molecular formula is C20H20N2OS. The summed E-state index contributed by atoms with van der Waals surface area (Å²) < 4.78 is 0. The molecule has 0 aliphatic heterocycles. The van der Waals surface area contributed by atoms with E-state index in [1.807, 2.05) is 35.7 Å². The topological polar surface area (TPSA) is 42.0 Å². The maximum absolute atomic E-state index is 11.7. The Balaban J connectivity index is 1.84. The van der Waals surface area contributed by atoms with Gasteiger partial charge in [-0.05, 0) is 26.0 Å². The van der Waals surface area contributed by atoms with Crippen molar-refractivity contribution in [1.82, 2.24) is 4.98 Å². The second-order valence-corrected chi connectivity index (χ2v) is 6.77. The first kappa shape index (κ1) is 16.4. The number of rotatable bonds is 6. The Morgan fingerprint density at radius 1 is 1.12 bits per heavy atom. The fraction of sp³-hybridized carbons (Fsp3) is 0.200. The van der Waals surface area contributed by atoms with Crippen LogP contribution in [-0.2, 0) is 4.79 Å². The third-order valence-electron chi connectivity index (χ3n) is 3.78. The number of Topliss-reactive ketones (excluding diaryl/α,β-unsaturated/α-hetero) is 1. The Bertz CT molecular complexity index is 809. The molecule has 0 aliphatic carbocycles. The van der Waals surface area contributed by atoms with Crippen molar-refractivity contribution in [2.45, 2.75) is 26.3 Å². The lowest BCUT2D eigenvalue weighted by atomic mass is 10.1. The molecule has 0 aliphatic rings. The van der Waals surface area contributed by atoms with Crippen LogP contribution in [0.3, 0.4) is 0 Å². The molecule has 2 aromatic carbocycles. The average molecular weight is 336 g/mol. The van der Waals surface area contributed by atoms with Crippen LogP contribution in [0.15, 0.2) is 60.0 Å². The number of nitrogens with zero attached hydrogens (tertiary/aromatic N) is 1. The van der Waals surface area contributed by atoms with E-state index < -0.39 is 0 Å². The van der Waals surface area contributed by atoms with Gasteiger partial charge in [0.05, 0.1) is 11.7 Å². The van der Waals surface area contributed by atoms with E-state index in [1.165, 1.54) is 5.56 Å². The molecule has 0 amide bonds. The minimum atomic E-state index is -0.112. The van der Waals surface area contributed by atoms with E-state index in [9.17, 15) is 4.79 Å². The summed E-state index contributed by atoms with van der Waals surface area (Å²) in [6.45, 7) is 3.68. The third kappa shape index (κ3) is 4.09. The maximum Gasteiger partial charge on any atom is 0.132 e. The molecule has 1 aromatic heterocycles. The summed E-state index contributed by atoms with van der Waals surface area (Å²) in [5.74, 6) is 0.147. The van der Waals surface area contributed by atoms with Gasteiger partial charge in [-0.1, -0.05) is 48.0 Å². The molecule has 3 nitrogen and oxygen atoms in total. The molecule has 3 rings (SSSR count). The Kier molecular flexibility index (Phi) is 5.06. The molecule has 1 heterocycles. The zero-order valence-corrected chi connectivity index (χ0v) is 14.6. The van der Waals surface area contributed by atoms with Crippen LogP contribution in [0.4, 0.5) is 5.69 Å². The molecule has 1 unspecified atom stereocenters. The molecule has 24 heavy (non-hydrogen) atoms. The number of aryl methyl sites for hydroxylation is 1. The van der Waals surface area contributed by atoms with Crippen LogP contribution >= 0.6 is 11.3 Å². The van der Waals surface area contributed by atoms with Crippen molar-refractivity contribution in [2.24, 2.45) is 0 Å². The van der Waals surface area contributed by atoms with Gasteiger partial charge in [0.1, 0.15) is 10.8 Å². The molecule has 1 atom stereocenters. The number of anilines is 1. The fourth-order valence-corrected chi connectivity index (χ4v) is 3.41.